The summed E-state index contributed by atoms with van der Waals surface area (Å²) < 4.78 is 5.31. The lowest BCUT2D eigenvalue weighted by Gasteiger charge is -2.31. The van der Waals surface area contributed by atoms with Crippen molar-refractivity contribution < 1.29 is 9.53 Å². The first-order chi connectivity index (χ1) is 11.1. The Bertz CT molecular complexity index is 517. The van der Waals surface area contributed by atoms with E-state index in [-0.39, 0.29) is 18.3 Å². The van der Waals surface area contributed by atoms with E-state index in [2.05, 4.69) is 15.5 Å². The van der Waals surface area contributed by atoms with Crippen molar-refractivity contribution in [3.8, 4) is 5.75 Å². The van der Waals surface area contributed by atoms with Gasteiger partial charge in [0.1, 0.15) is 5.75 Å². The van der Waals surface area contributed by atoms with E-state index in [0.717, 1.165) is 36.8 Å². The summed E-state index contributed by atoms with van der Waals surface area (Å²) in [6.45, 7) is 5.55. The van der Waals surface area contributed by atoms with Gasteiger partial charge < -0.3 is 15.4 Å². The largest absolute Gasteiger partial charge is 0.495 e. The van der Waals surface area contributed by atoms with Crippen molar-refractivity contribution in [2.45, 2.75) is 26.2 Å². The SMILES string of the molecule is CNCCC1CCN(CC(=O)Nc2cc(C)ccc2OC)CC1.Cl. The first kappa shape index (κ1) is 20.7. The molecule has 0 bridgehead atoms. The number of nitrogens with zero attached hydrogens (tertiary/aromatic N) is 1. The monoisotopic (exact) mass is 355 g/mol. The van der Waals surface area contributed by atoms with Gasteiger partial charge >= 0.3 is 0 Å². The molecule has 1 fully saturated rings. The Morgan fingerprint density at radius 1 is 1.33 bits per heavy atom. The summed E-state index contributed by atoms with van der Waals surface area (Å²) in [5.41, 5.74) is 1.85. The highest BCUT2D eigenvalue weighted by Crippen LogP contribution is 2.25. The molecule has 0 unspecified atom stereocenters. The van der Waals surface area contributed by atoms with Gasteiger partial charge in [-0.1, -0.05) is 6.07 Å². The van der Waals surface area contributed by atoms with Crippen LogP contribution in [0.1, 0.15) is 24.8 Å². The van der Waals surface area contributed by atoms with E-state index in [1.54, 1.807) is 7.11 Å². The Morgan fingerprint density at radius 3 is 2.67 bits per heavy atom. The fourth-order valence-electron chi connectivity index (χ4n) is 3.09. The van der Waals surface area contributed by atoms with E-state index in [1.807, 2.05) is 32.2 Å². The zero-order valence-corrected chi connectivity index (χ0v) is 15.7. The molecule has 1 aromatic carbocycles. The van der Waals surface area contributed by atoms with Gasteiger partial charge in [-0.2, -0.15) is 0 Å². The van der Waals surface area contributed by atoms with Crippen LogP contribution in [0.4, 0.5) is 5.69 Å². The van der Waals surface area contributed by atoms with Crippen molar-refractivity contribution in [2.75, 3.05) is 45.7 Å². The van der Waals surface area contributed by atoms with Gasteiger partial charge in [0.2, 0.25) is 5.91 Å². The lowest BCUT2D eigenvalue weighted by atomic mass is 9.93. The van der Waals surface area contributed by atoms with Crippen molar-refractivity contribution in [2.24, 2.45) is 5.92 Å². The first-order valence-corrected chi connectivity index (χ1v) is 8.44. The Hall–Kier alpha value is -1.30. The number of ether oxygens (including phenoxy) is 1. The molecule has 5 nitrogen and oxygen atoms in total. The molecule has 0 saturated carbocycles. The van der Waals surface area contributed by atoms with E-state index in [4.69, 9.17) is 4.74 Å². The van der Waals surface area contributed by atoms with E-state index >= 15 is 0 Å². The molecular weight excluding hydrogens is 326 g/mol. The maximum atomic E-state index is 12.3. The summed E-state index contributed by atoms with van der Waals surface area (Å²) in [7, 11) is 3.62. The number of methoxy groups -OCH3 is 1. The third-order valence-corrected chi connectivity index (χ3v) is 4.51. The highest BCUT2D eigenvalue weighted by Gasteiger charge is 2.20. The number of hydrogen-bond donors (Lipinski definition) is 2. The van der Waals surface area contributed by atoms with Crippen LogP contribution in [-0.2, 0) is 4.79 Å². The summed E-state index contributed by atoms with van der Waals surface area (Å²) in [5.74, 6) is 1.52. The first-order valence-electron chi connectivity index (χ1n) is 8.44. The summed E-state index contributed by atoms with van der Waals surface area (Å²) in [6, 6.07) is 5.81. The summed E-state index contributed by atoms with van der Waals surface area (Å²) in [6.07, 6.45) is 3.60. The van der Waals surface area contributed by atoms with Crippen molar-refractivity contribution in [1.29, 1.82) is 0 Å². The Morgan fingerprint density at radius 2 is 2.04 bits per heavy atom. The normalized spacial score (nSPS) is 15.6. The number of likely N-dealkylation sites (tertiary alicyclic amines) is 1. The second-order valence-electron chi connectivity index (χ2n) is 6.36. The zero-order valence-electron chi connectivity index (χ0n) is 14.9. The van der Waals surface area contributed by atoms with Crippen LogP contribution in [0, 0.1) is 12.8 Å². The van der Waals surface area contributed by atoms with Crippen LogP contribution in [0.5, 0.6) is 5.75 Å². The van der Waals surface area contributed by atoms with Gasteiger partial charge in [0.15, 0.2) is 0 Å². The predicted molar refractivity (Wildman–Crippen MR) is 101 cm³/mol. The van der Waals surface area contributed by atoms with Gasteiger partial charge in [0.05, 0.1) is 19.3 Å². The number of carbonyl (C=O) groups excluding carboxylic acids is 1. The molecule has 136 valence electrons. The smallest absolute Gasteiger partial charge is 0.238 e. The van der Waals surface area contributed by atoms with Crippen LogP contribution in [0.3, 0.4) is 0 Å². The average Bonchev–Trinajstić information content (AvgIpc) is 2.54. The molecule has 0 radical (unpaired) electrons. The van der Waals surface area contributed by atoms with Crippen molar-refractivity contribution in [3.63, 3.8) is 0 Å². The summed E-state index contributed by atoms with van der Waals surface area (Å²) in [4.78, 5) is 14.5. The molecule has 24 heavy (non-hydrogen) atoms. The van der Waals surface area contributed by atoms with E-state index in [0.29, 0.717) is 12.3 Å². The Labute approximate surface area is 151 Å². The van der Waals surface area contributed by atoms with Gasteiger partial charge in [-0.15, -0.1) is 12.4 Å². The maximum absolute atomic E-state index is 12.3. The van der Waals surface area contributed by atoms with E-state index in [1.165, 1.54) is 19.3 Å². The second kappa shape index (κ2) is 10.5. The molecule has 0 aromatic heterocycles. The number of benzene rings is 1. The molecule has 1 heterocycles. The van der Waals surface area contributed by atoms with Gasteiger partial charge in [-0.05, 0) is 76.5 Å². The minimum absolute atomic E-state index is 0. The molecule has 1 aromatic rings. The molecule has 1 saturated heterocycles. The molecule has 0 atom stereocenters. The average molecular weight is 356 g/mol. The van der Waals surface area contributed by atoms with Crippen LogP contribution in [-0.4, -0.2) is 51.1 Å². The Balaban J connectivity index is 0.00000288. The van der Waals surface area contributed by atoms with Gasteiger partial charge in [-0.3, -0.25) is 9.69 Å². The van der Waals surface area contributed by atoms with Crippen LogP contribution >= 0.6 is 12.4 Å². The van der Waals surface area contributed by atoms with Gasteiger partial charge in [0.25, 0.3) is 0 Å². The maximum Gasteiger partial charge on any atom is 0.238 e. The molecule has 0 aliphatic carbocycles. The number of hydrogen-bond acceptors (Lipinski definition) is 4. The summed E-state index contributed by atoms with van der Waals surface area (Å²) >= 11 is 0. The minimum Gasteiger partial charge on any atom is -0.495 e. The van der Waals surface area contributed by atoms with Gasteiger partial charge in [0, 0.05) is 0 Å². The molecule has 6 heteroatoms. The predicted octanol–water partition coefficient (Wildman–Crippen LogP) is 2.69. The number of nitrogens with one attached hydrogen (secondary N) is 2. The molecule has 1 aliphatic rings. The number of amides is 1. The van der Waals surface area contributed by atoms with Crippen LogP contribution < -0.4 is 15.4 Å². The molecule has 1 amide bonds. The lowest BCUT2D eigenvalue weighted by molar-refractivity contribution is -0.117. The molecule has 2 N–H and O–H groups in total. The number of halogens is 1. The fraction of sp³-hybridized carbons (Fsp3) is 0.611. The number of anilines is 1. The summed E-state index contributed by atoms with van der Waals surface area (Å²) in [5, 5.41) is 6.19. The topological polar surface area (TPSA) is 53.6 Å². The lowest BCUT2D eigenvalue weighted by Crippen LogP contribution is -2.39. The van der Waals surface area contributed by atoms with Gasteiger partial charge in [-0.25, -0.2) is 0 Å². The van der Waals surface area contributed by atoms with Crippen LogP contribution in [0.2, 0.25) is 0 Å². The highest BCUT2D eigenvalue weighted by atomic mass is 35.5. The standard InChI is InChI=1S/C18H29N3O2.ClH/c1-14-4-5-17(23-3)16(12-14)20-18(22)13-21-10-7-15(8-11-21)6-9-19-2;/h4-5,12,15,19H,6-11,13H2,1-3H3,(H,20,22);1H. The number of rotatable bonds is 7. The third kappa shape index (κ3) is 6.30. The fourth-order valence-corrected chi connectivity index (χ4v) is 3.09. The van der Waals surface area contributed by atoms with Crippen molar-refractivity contribution in [1.82, 2.24) is 10.2 Å². The number of carbonyl (C=O) groups is 1. The molecule has 0 spiro atoms. The zero-order chi connectivity index (χ0) is 16.7. The Kier molecular flexibility index (Phi) is 9.11. The number of aryl methyl sites for hydroxylation is 1. The molecule has 1 aliphatic heterocycles. The highest BCUT2D eigenvalue weighted by molar-refractivity contribution is 5.93. The number of piperidine rings is 1. The minimum atomic E-state index is 0. The van der Waals surface area contributed by atoms with Crippen molar-refractivity contribution >= 4 is 24.0 Å². The quantitative estimate of drug-likeness (QED) is 0.789. The third-order valence-electron chi connectivity index (χ3n) is 4.51. The van der Waals surface area contributed by atoms with Crippen LogP contribution in [0.25, 0.3) is 0 Å². The van der Waals surface area contributed by atoms with Crippen LogP contribution in [0.15, 0.2) is 18.2 Å². The second-order valence-corrected chi connectivity index (χ2v) is 6.36. The molecule has 2 rings (SSSR count). The van der Waals surface area contributed by atoms with E-state index in [9.17, 15) is 4.79 Å². The van der Waals surface area contributed by atoms with Crippen molar-refractivity contribution in [3.05, 3.63) is 23.8 Å². The van der Waals surface area contributed by atoms with E-state index < -0.39 is 0 Å². The molecular formula is C18H30ClN3O2.